The van der Waals surface area contributed by atoms with Gasteiger partial charge in [0, 0.05) is 28.7 Å². The molecule has 0 bridgehead atoms. The average molecular weight is 471 g/mol. The van der Waals surface area contributed by atoms with Crippen molar-refractivity contribution < 1.29 is 14.2 Å². The number of aromatic nitrogens is 4. The van der Waals surface area contributed by atoms with Crippen LogP contribution in [0.5, 0.6) is 5.75 Å². The molecule has 2 aromatic carbocycles. The molecule has 32 heavy (non-hydrogen) atoms. The van der Waals surface area contributed by atoms with Gasteiger partial charge in [-0.05, 0) is 48.5 Å². The van der Waals surface area contributed by atoms with Gasteiger partial charge < -0.3 is 18.8 Å². The van der Waals surface area contributed by atoms with Crippen LogP contribution in [0.2, 0.25) is 10.0 Å². The van der Waals surface area contributed by atoms with Crippen LogP contribution in [0.15, 0.2) is 79.6 Å². The molecular formula is C23H20Cl2N4O3. The highest BCUT2D eigenvalue weighted by atomic mass is 35.5. The predicted octanol–water partition coefficient (Wildman–Crippen LogP) is 4.72. The van der Waals surface area contributed by atoms with Gasteiger partial charge in [-0.1, -0.05) is 29.3 Å². The Kier molecular flexibility index (Phi) is 5.89. The van der Waals surface area contributed by atoms with E-state index >= 15 is 0 Å². The number of hydrogen-bond acceptors (Lipinski definition) is 5. The maximum Gasteiger partial charge on any atom is 0.217 e. The number of rotatable bonds is 7. The van der Waals surface area contributed by atoms with Crippen molar-refractivity contribution in [1.29, 1.82) is 0 Å². The van der Waals surface area contributed by atoms with Gasteiger partial charge in [0.15, 0.2) is 0 Å². The lowest BCUT2D eigenvalue weighted by atomic mass is 10.1. The van der Waals surface area contributed by atoms with E-state index in [0.717, 1.165) is 11.4 Å². The summed E-state index contributed by atoms with van der Waals surface area (Å²) < 4.78 is 22.2. The molecule has 2 atom stereocenters. The fraction of sp³-hybridized carbons (Fsp3) is 0.217. The Hall–Kier alpha value is -2.84. The number of ether oxygens (including phenoxy) is 3. The highest BCUT2D eigenvalue weighted by Crippen LogP contribution is 2.40. The monoisotopic (exact) mass is 470 g/mol. The molecule has 9 heteroatoms. The third-order valence-corrected chi connectivity index (χ3v) is 5.76. The second-order valence-electron chi connectivity index (χ2n) is 7.42. The number of hydrogen-bond donors (Lipinski definition) is 0. The van der Waals surface area contributed by atoms with Crippen molar-refractivity contribution in [3.05, 3.63) is 95.3 Å². The van der Waals surface area contributed by atoms with Gasteiger partial charge in [-0.15, -0.1) is 0 Å². The first-order valence-electron chi connectivity index (χ1n) is 10.1. The van der Waals surface area contributed by atoms with E-state index < -0.39 is 5.79 Å². The summed E-state index contributed by atoms with van der Waals surface area (Å²) in [5.41, 5.74) is 1.74. The van der Waals surface area contributed by atoms with Crippen LogP contribution in [-0.2, 0) is 21.8 Å². The lowest BCUT2D eigenvalue weighted by Gasteiger charge is -2.29. The second kappa shape index (κ2) is 8.96. The predicted molar refractivity (Wildman–Crippen MR) is 120 cm³/mol. The SMILES string of the molecule is Clc1ccc(C2(Cn3cncn3)OCC(COc3ccc(-n4cccc4)cc3)O2)c(Cl)c1. The van der Waals surface area contributed by atoms with Gasteiger partial charge in [-0.25, -0.2) is 9.67 Å². The van der Waals surface area contributed by atoms with E-state index in [9.17, 15) is 0 Å². The Balaban J connectivity index is 1.30. The molecule has 2 unspecified atom stereocenters. The fourth-order valence-corrected chi connectivity index (χ4v) is 4.25. The largest absolute Gasteiger partial charge is 0.491 e. The molecule has 0 saturated carbocycles. The van der Waals surface area contributed by atoms with Crippen molar-refractivity contribution in [2.45, 2.75) is 18.4 Å². The van der Waals surface area contributed by atoms with Crippen LogP contribution in [-0.4, -0.2) is 38.6 Å². The van der Waals surface area contributed by atoms with E-state index in [-0.39, 0.29) is 12.6 Å². The zero-order valence-electron chi connectivity index (χ0n) is 17.0. The molecule has 0 spiro atoms. The fourth-order valence-electron chi connectivity index (χ4n) is 3.69. The molecule has 0 amide bonds. The van der Waals surface area contributed by atoms with E-state index in [1.165, 1.54) is 6.33 Å². The van der Waals surface area contributed by atoms with E-state index in [0.29, 0.717) is 28.8 Å². The Morgan fingerprint density at radius 1 is 1.09 bits per heavy atom. The second-order valence-corrected chi connectivity index (χ2v) is 8.26. The van der Waals surface area contributed by atoms with Crippen molar-refractivity contribution >= 4 is 23.2 Å². The molecule has 7 nitrogen and oxygen atoms in total. The quantitative estimate of drug-likeness (QED) is 0.390. The lowest BCUT2D eigenvalue weighted by Crippen LogP contribution is -2.35. The molecule has 1 aliphatic rings. The zero-order valence-corrected chi connectivity index (χ0v) is 18.5. The Bertz CT molecular complexity index is 1170. The van der Waals surface area contributed by atoms with E-state index in [1.807, 2.05) is 59.4 Å². The van der Waals surface area contributed by atoms with Crippen molar-refractivity contribution in [3.63, 3.8) is 0 Å². The Morgan fingerprint density at radius 2 is 1.91 bits per heavy atom. The van der Waals surface area contributed by atoms with Crippen LogP contribution < -0.4 is 4.74 Å². The average Bonchev–Trinajstić information content (AvgIpc) is 3.56. The molecular weight excluding hydrogens is 451 g/mol. The van der Waals surface area contributed by atoms with Crippen LogP contribution in [0.25, 0.3) is 5.69 Å². The normalized spacial score (nSPS) is 20.5. The zero-order chi connectivity index (χ0) is 22.0. The Labute approximate surface area is 195 Å². The molecule has 0 radical (unpaired) electrons. The first kappa shape index (κ1) is 21.0. The summed E-state index contributed by atoms with van der Waals surface area (Å²) in [6.07, 6.45) is 6.76. The number of nitrogens with zero attached hydrogens (tertiary/aromatic N) is 4. The lowest BCUT2D eigenvalue weighted by molar-refractivity contribution is -0.190. The molecule has 0 aliphatic carbocycles. The van der Waals surface area contributed by atoms with Crippen LogP contribution in [0.4, 0.5) is 0 Å². The van der Waals surface area contributed by atoms with Gasteiger partial charge in [0.1, 0.15) is 37.7 Å². The minimum atomic E-state index is -1.12. The molecule has 1 aliphatic heterocycles. The van der Waals surface area contributed by atoms with Crippen LogP contribution in [0.1, 0.15) is 5.56 Å². The number of benzene rings is 2. The molecule has 4 aromatic rings. The van der Waals surface area contributed by atoms with E-state index in [2.05, 4.69) is 10.1 Å². The highest BCUT2D eigenvalue weighted by Gasteiger charge is 2.45. The molecule has 5 rings (SSSR count). The van der Waals surface area contributed by atoms with Gasteiger partial charge in [-0.3, -0.25) is 0 Å². The minimum Gasteiger partial charge on any atom is -0.491 e. The maximum atomic E-state index is 6.49. The van der Waals surface area contributed by atoms with Crippen molar-refractivity contribution in [2.24, 2.45) is 0 Å². The first-order chi connectivity index (χ1) is 15.6. The smallest absolute Gasteiger partial charge is 0.217 e. The van der Waals surface area contributed by atoms with Crippen molar-refractivity contribution in [1.82, 2.24) is 19.3 Å². The Morgan fingerprint density at radius 3 is 2.62 bits per heavy atom. The third-order valence-electron chi connectivity index (χ3n) is 5.21. The summed E-state index contributed by atoms with van der Waals surface area (Å²) in [7, 11) is 0. The summed E-state index contributed by atoms with van der Waals surface area (Å²) in [5.74, 6) is -0.371. The summed E-state index contributed by atoms with van der Waals surface area (Å²) >= 11 is 12.6. The summed E-state index contributed by atoms with van der Waals surface area (Å²) in [4.78, 5) is 4.01. The molecule has 1 saturated heterocycles. The topological polar surface area (TPSA) is 63.3 Å². The van der Waals surface area contributed by atoms with Gasteiger partial charge >= 0.3 is 0 Å². The van der Waals surface area contributed by atoms with E-state index in [1.54, 1.807) is 23.1 Å². The van der Waals surface area contributed by atoms with Crippen LogP contribution >= 0.6 is 23.2 Å². The minimum absolute atomic E-state index is 0.288. The van der Waals surface area contributed by atoms with Gasteiger partial charge in [-0.2, -0.15) is 5.10 Å². The number of halogens is 2. The summed E-state index contributed by atoms with van der Waals surface area (Å²) in [6, 6.07) is 17.1. The maximum absolute atomic E-state index is 6.49. The van der Waals surface area contributed by atoms with Crippen LogP contribution in [0.3, 0.4) is 0 Å². The molecule has 3 heterocycles. The van der Waals surface area contributed by atoms with Crippen molar-refractivity contribution in [2.75, 3.05) is 13.2 Å². The van der Waals surface area contributed by atoms with Gasteiger partial charge in [0.25, 0.3) is 0 Å². The first-order valence-corrected chi connectivity index (χ1v) is 10.8. The summed E-state index contributed by atoms with van der Waals surface area (Å²) in [6.45, 7) is 0.957. The van der Waals surface area contributed by atoms with Gasteiger partial charge in [0.2, 0.25) is 5.79 Å². The molecule has 1 fully saturated rings. The van der Waals surface area contributed by atoms with Gasteiger partial charge in [0.05, 0.1) is 11.6 Å². The third kappa shape index (κ3) is 4.38. The molecule has 2 aromatic heterocycles. The molecule has 0 N–H and O–H groups in total. The van der Waals surface area contributed by atoms with E-state index in [4.69, 9.17) is 37.4 Å². The van der Waals surface area contributed by atoms with Crippen LogP contribution in [0, 0.1) is 0 Å². The standard InChI is InChI=1S/C23H20Cl2N4O3/c24-17-3-8-21(22(25)11-17)23(14-29-16-26-15-27-29)31-13-20(32-23)12-30-19-6-4-18(5-7-19)28-9-1-2-10-28/h1-11,15-16,20H,12-14H2. The molecule has 164 valence electrons. The summed E-state index contributed by atoms with van der Waals surface area (Å²) in [5, 5.41) is 5.18. The van der Waals surface area contributed by atoms with Crippen molar-refractivity contribution in [3.8, 4) is 11.4 Å². The highest BCUT2D eigenvalue weighted by molar-refractivity contribution is 6.35.